The zero-order valence-electron chi connectivity index (χ0n) is 11.1. The normalized spacial score (nSPS) is 10.4. The summed E-state index contributed by atoms with van der Waals surface area (Å²) in [5.74, 6) is 0.481. The maximum absolute atomic E-state index is 11.1. The molecule has 0 saturated heterocycles. The quantitative estimate of drug-likeness (QED) is 0.754. The molecular formula is C13H22N4O. The van der Waals surface area contributed by atoms with Crippen molar-refractivity contribution in [3.63, 3.8) is 0 Å². The Morgan fingerprint density at radius 1 is 1.50 bits per heavy atom. The number of rotatable bonds is 7. The van der Waals surface area contributed by atoms with E-state index in [1.165, 1.54) is 0 Å². The second kappa shape index (κ2) is 6.96. The molecule has 0 aromatic carbocycles. The average molecular weight is 250 g/mol. The Hall–Kier alpha value is -1.62. The minimum Gasteiger partial charge on any atom is -0.368 e. The molecule has 5 nitrogen and oxygen atoms in total. The number of aryl methyl sites for hydroxylation is 1. The van der Waals surface area contributed by atoms with Gasteiger partial charge in [-0.15, -0.1) is 0 Å². The van der Waals surface area contributed by atoms with Crippen LogP contribution in [0.1, 0.15) is 30.9 Å². The summed E-state index contributed by atoms with van der Waals surface area (Å²) in [7, 11) is 0. The summed E-state index contributed by atoms with van der Waals surface area (Å²) in [4.78, 5) is 17.4. The Morgan fingerprint density at radius 2 is 2.22 bits per heavy atom. The van der Waals surface area contributed by atoms with Crippen molar-refractivity contribution in [3.05, 3.63) is 23.4 Å². The standard InChI is InChI=1S/C13H22N4O/c1-3-4-5-17(9-12(15)18)13-10(2)6-11(7-14)8-16-13/h6,8H,3-5,7,9,14H2,1-2H3,(H2,15,18). The first-order chi connectivity index (χ1) is 8.58. The lowest BCUT2D eigenvalue weighted by Gasteiger charge is -2.24. The van der Waals surface area contributed by atoms with Gasteiger partial charge in [0.2, 0.25) is 5.91 Å². The minimum absolute atomic E-state index is 0.204. The molecule has 18 heavy (non-hydrogen) atoms. The number of pyridine rings is 1. The first-order valence-corrected chi connectivity index (χ1v) is 6.27. The van der Waals surface area contributed by atoms with Crippen LogP contribution in [0.2, 0.25) is 0 Å². The molecule has 1 amide bonds. The maximum atomic E-state index is 11.1. The Bertz CT molecular complexity index is 406. The lowest BCUT2D eigenvalue weighted by molar-refractivity contribution is -0.116. The van der Waals surface area contributed by atoms with Gasteiger partial charge in [0.25, 0.3) is 0 Å². The summed E-state index contributed by atoms with van der Waals surface area (Å²) in [6.45, 7) is 5.55. The third-order valence-electron chi connectivity index (χ3n) is 2.77. The molecule has 0 radical (unpaired) electrons. The van der Waals surface area contributed by atoms with Crippen LogP contribution < -0.4 is 16.4 Å². The predicted molar refractivity (Wildman–Crippen MR) is 73.2 cm³/mol. The van der Waals surface area contributed by atoms with Crippen molar-refractivity contribution in [2.45, 2.75) is 33.2 Å². The molecular weight excluding hydrogens is 228 g/mol. The fraction of sp³-hybridized carbons (Fsp3) is 0.538. The Kier molecular flexibility index (Phi) is 5.58. The number of nitrogens with two attached hydrogens (primary N) is 2. The molecule has 0 aliphatic heterocycles. The number of unbranched alkanes of at least 4 members (excludes halogenated alkanes) is 1. The van der Waals surface area contributed by atoms with E-state index in [2.05, 4.69) is 11.9 Å². The highest BCUT2D eigenvalue weighted by Crippen LogP contribution is 2.18. The molecule has 4 N–H and O–H groups in total. The average Bonchev–Trinajstić information content (AvgIpc) is 2.34. The number of carbonyl (C=O) groups is 1. The number of amides is 1. The SMILES string of the molecule is CCCCN(CC(N)=O)c1ncc(CN)cc1C. The lowest BCUT2D eigenvalue weighted by Crippen LogP contribution is -2.35. The highest BCUT2D eigenvalue weighted by Gasteiger charge is 2.13. The van der Waals surface area contributed by atoms with Gasteiger partial charge in [0.05, 0.1) is 6.54 Å². The number of anilines is 1. The predicted octanol–water partition coefficient (Wildman–Crippen LogP) is 0.941. The van der Waals surface area contributed by atoms with Gasteiger partial charge in [0, 0.05) is 19.3 Å². The van der Waals surface area contributed by atoms with Crippen LogP contribution in [0.15, 0.2) is 12.3 Å². The molecule has 0 saturated carbocycles. The molecule has 5 heteroatoms. The van der Waals surface area contributed by atoms with Crippen molar-refractivity contribution in [2.75, 3.05) is 18.0 Å². The first kappa shape index (κ1) is 14.4. The second-order valence-corrected chi connectivity index (χ2v) is 4.43. The van der Waals surface area contributed by atoms with Crippen molar-refractivity contribution < 1.29 is 4.79 Å². The molecule has 1 aromatic rings. The Balaban J connectivity index is 2.92. The van der Waals surface area contributed by atoms with E-state index in [1.54, 1.807) is 6.20 Å². The van der Waals surface area contributed by atoms with E-state index in [-0.39, 0.29) is 12.5 Å². The van der Waals surface area contributed by atoms with Gasteiger partial charge in [-0.3, -0.25) is 4.79 Å². The van der Waals surface area contributed by atoms with Gasteiger partial charge >= 0.3 is 0 Å². The molecule has 1 heterocycles. The monoisotopic (exact) mass is 250 g/mol. The first-order valence-electron chi connectivity index (χ1n) is 6.27. The summed E-state index contributed by atoms with van der Waals surface area (Å²) >= 11 is 0. The second-order valence-electron chi connectivity index (χ2n) is 4.43. The zero-order valence-corrected chi connectivity index (χ0v) is 11.1. The number of hydrogen-bond acceptors (Lipinski definition) is 4. The van der Waals surface area contributed by atoms with E-state index < -0.39 is 0 Å². The minimum atomic E-state index is -0.338. The topological polar surface area (TPSA) is 85.2 Å². The van der Waals surface area contributed by atoms with Gasteiger partial charge in [0.1, 0.15) is 5.82 Å². The number of aromatic nitrogens is 1. The van der Waals surface area contributed by atoms with Crippen molar-refractivity contribution >= 4 is 11.7 Å². The van der Waals surface area contributed by atoms with Crippen LogP contribution in [0.4, 0.5) is 5.82 Å². The maximum Gasteiger partial charge on any atom is 0.236 e. The summed E-state index contributed by atoms with van der Waals surface area (Å²) in [6.07, 6.45) is 3.82. The van der Waals surface area contributed by atoms with Crippen LogP contribution in [0, 0.1) is 6.92 Å². The summed E-state index contributed by atoms with van der Waals surface area (Å²) in [6, 6.07) is 2.00. The van der Waals surface area contributed by atoms with E-state index in [1.807, 2.05) is 17.9 Å². The number of hydrogen-bond donors (Lipinski definition) is 2. The molecule has 0 atom stereocenters. The molecule has 1 rings (SSSR count). The van der Waals surface area contributed by atoms with Crippen LogP contribution in [-0.4, -0.2) is 24.0 Å². The highest BCUT2D eigenvalue weighted by molar-refractivity contribution is 5.79. The third kappa shape index (κ3) is 4.00. The summed E-state index contributed by atoms with van der Waals surface area (Å²) < 4.78 is 0. The van der Waals surface area contributed by atoms with Gasteiger partial charge in [-0.05, 0) is 30.5 Å². The Morgan fingerprint density at radius 3 is 2.72 bits per heavy atom. The molecule has 0 aliphatic rings. The largest absolute Gasteiger partial charge is 0.368 e. The van der Waals surface area contributed by atoms with Crippen LogP contribution in [0.25, 0.3) is 0 Å². The van der Waals surface area contributed by atoms with Crippen LogP contribution in [0.5, 0.6) is 0 Å². The van der Waals surface area contributed by atoms with Gasteiger partial charge in [0.15, 0.2) is 0 Å². The molecule has 0 bridgehead atoms. The van der Waals surface area contributed by atoms with Gasteiger partial charge in [-0.2, -0.15) is 0 Å². The number of carbonyl (C=O) groups excluding carboxylic acids is 1. The number of primary amides is 1. The third-order valence-corrected chi connectivity index (χ3v) is 2.77. The zero-order chi connectivity index (χ0) is 13.5. The van der Waals surface area contributed by atoms with Crippen LogP contribution >= 0.6 is 0 Å². The van der Waals surface area contributed by atoms with Crippen LogP contribution in [-0.2, 0) is 11.3 Å². The highest BCUT2D eigenvalue weighted by atomic mass is 16.1. The van der Waals surface area contributed by atoms with E-state index in [9.17, 15) is 4.79 Å². The van der Waals surface area contributed by atoms with E-state index in [4.69, 9.17) is 11.5 Å². The lowest BCUT2D eigenvalue weighted by atomic mass is 10.2. The van der Waals surface area contributed by atoms with Gasteiger partial charge in [-0.1, -0.05) is 13.3 Å². The summed E-state index contributed by atoms with van der Waals surface area (Å²) in [5, 5.41) is 0. The molecule has 0 aliphatic carbocycles. The van der Waals surface area contributed by atoms with Gasteiger partial charge in [-0.25, -0.2) is 4.98 Å². The van der Waals surface area contributed by atoms with Crippen molar-refractivity contribution in [3.8, 4) is 0 Å². The molecule has 0 spiro atoms. The fourth-order valence-electron chi connectivity index (χ4n) is 1.87. The fourth-order valence-corrected chi connectivity index (χ4v) is 1.87. The van der Waals surface area contributed by atoms with Crippen LogP contribution in [0.3, 0.4) is 0 Å². The van der Waals surface area contributed by atoms with Gasteiger partial charge < -0.3 is 16.4 Å². The van der Waals surface area contributed by atoms with E-state index >= 15 is 0 Å². The van der Waals surface area contributed by atoms with Crippen molar-refractivity contribution in [1.29, 1.82) is 0 Å². The molecule has 100 valence electrons. The molecule has 1 aromatic heterocycles. The van der Waals surface area contributed by atoms with Crippen molar-refractivity contribution in [1.82, 2.24) is 4.98 Å². The van der Waals surface area contributed by atoms with E-state index in [0.717, 1.165) is 36.3 Å². The molecule has 0 fully saturated rings. The van der Waals surface area contributed by atoms with Crippen molar-refractivity contribution in [2.24, 2.45) is 11.5 Å². The van der Waals surface area contributed by atoms with E-state index in [0.29, 0.717) is 6.54 Å². The molecule has 0 unspecified atom stereocenters. The number of nitrogens with zero attached hydrogens (tertiary/aromatic N) is 2. The summed E-state index contributed by atoms with van der Waals surface area (Å²) in [5.41, 5.74) is 12.9. The smallest absolute Gasteiger partial charge is 0.236 e. The Labute approximate surface area is 108 Å².